The highest BCUT2D eigenvalue weighted by molar-refractivity contribution is 5.98. The smallest absolute Gasteiger partial charge is 0.329 e. The highest BCUT2D eigenvalue weighted by Crippen LogP contribution is 2.26. The Morgan fingerprint density at radius 1 is 0.814 bits per heavy atom. The van der Waals surface area contributed by atoms with Gasteiger partial charge in [0.15, 0.2) is 0 Å². The third kappa shape index (κ3) is 15.7. The first-order valence-electron chi connectivity index (χ1n) is 23.8. The van der Waals surface area contributed by atoms with Crippen molar-refractivity contribution in [2.24, 2.45) is 11.8 Å². The van der Waals surface area contributed by atoms with Gasteiger partial charge in [-0.25, -0.2) is 4.79 Å². The third-order valence-corrected chi connectivity index (χ3v) is 12.3. The molecular formula is C49H70N8O13. The molecule has 21 nitrogen and oxygen atoms in total. The molecule has 2 aromatic rings. The van der Waals surface area contributed by atoms with Gasteiger partial charge in [0.2, 0.25) is 47.3 Å². The van der Waals surface area contributed by atoms with Gasteiger partial charge in [0, 0.05) is 39.3 Å². The molecule has 2 aromatic carbocycles. The zero-order valence-corrected chi connectivity index (χ0v) is 40.9. The number of cyclic esters (lactones) is 1. The van der Waals surface area contributed by atoms with E-state index in [2.05, 4.69) is 31.9 Å². The second-order valence-electron chi connectivity index (χ2n) is 18.5. The first-order valence-corrected chi connectivity index (χ1v) is 23.8. The van der Waals surface area contributed by atoms with Gasteiger partial charge in [0.05, 0.1) is 6.61 Å². The molecule has 0 spiro atoms. The Kier molecular flexibility index (Phi) is 21.1. The lowest BCUT2D eigenvalue weighted by atomic mass is 9.95. The monoisotopic (exact) mass is 979 g/mol. The predicted octanol–water partition coefficient (Wildman–Crippen LogP) is -0.316. The molecule has 2 aliphatic heterocycles. The van der Waals surface area contributed by atoms with Gasteiger partial charge in [-0.15, -0.1) is 0 Å². The molecule has 4 rings (SSSR count). The van der Waals surface area contributed by atoms with E-state index in [4.69, 9.17) is 9.84 Å². The normalized spacial score (nSPS) is 24.6. The number of piperidine rings is 1. The number of esters is 1. The first kappa shape index (κ1) is 56.0. The first-order chi connectivity index (χ1) is 33.1. The van der Waals surface area contributed by atoms with Crippen LogP contribution in [0.3, 0.4) is 0 Å². The number of aromatic hydroxyl groups is 1. The zero-order valence-electron chi connectivity index (χ0n) is 40.9. The van der Waals surface area contributed by atoms with Crippen LogP contribution in [0.1, 0.15) is 91.2 Å². The number of phenols is 1. The van der Waals surface area contributed by atoms with Crippen molar-refractivity contribution in [2.45, 2.75) is 148 Å². The average Bonchev–Trinajstić information content (AvgIpc) is 3.32. The summed E-state index contributed by atoms with van der Waals surface area (Å²) in [6.45, 7) is 9.25. The van der Waals surface area contributed by atoms with E-state index in [1.807, 2.05) is 0 Å². The standard InChI is InChI=1S/C49H70N8O13/c1-8-38(60)51-33(18-20-39(61)50-22-23-58)43(63)55-42-29(6)70-49(69)41(28(4)5)54-45(65)36(25-31-14-16-32(59)17-15-31)56(7)48(68)37(26-30-12-10-9-11-13-30)57-40(62)21-19-34(47(57)67)52-44(64)35(24-27(2)3)53-46(42)66/h9-17,27-29,33-37,40-42,58-59,62H,8,18-26H2,1-7H3,(H,50,61)(H,51,60)(H,52,64)(H,53,66)(H,54,65)(H,55,63)/t29-,33+,34+,35+,36+,37+,40-,41+,42+/m1/s1. The number of ether oxygens (including phenoxy) is 1. The lowest BCUT2D eigenvalue weighted by Gasteiger charge is -2.43. The maximum absolute atomic E-state index is 15.0. The topological polar surface area (TPSA) is 302 Å². The summed E-state index contributed by atoms with van der Waals surface area (Å²) in [6, 6.07) is 4.58. The van der Waals surface area contributed by atoms with E-state index in [1.165, 1.54) is 26.1 Å². The zero-order chi connectivity index (χ0) is 51.8. The van der Waals surface area contributed by atoms with E-state index >= 15 is 4.79 Å². The molecule has 9 atom stereocenters. The van der Waals surface area contributed by atoms with E-state index in [9.17, 15) is 48.6 Å². The molecule has 0 aromatic heterocycles. The molecule has 21 heteroatoms. The van der Waals surface area contributed by atoms with Gasteiger partial charge in [0.1, 0.15) is 60.4 Å². The number of aliphatic hydroxyl groups is 2. The van der Waals surface area contributed by atoms with Crippen LogP contribution in [0.2, 0.25) is 0 Å². The summed E-state index contributed by atoms with van der Waals surface area (Å²) in [4.78, 5) is 129. The SMILES string of the molecule is CCC(=O)N[C@@H](CCC(=O)NCCO)C(=O)N[C@@H]1C(=O)N[C@@H](CC(C)C)C(=O)N[C@H]2CC[C@@H](O)N(C2=O)[C@@H](Cc2ccccc2)C(=O)N(C)[C@@H](Cc2ccc(O)cc2)C(=O)N[C@@H](C(C)C)C(=O)O[C@@H]1C. The summed E-state index contributed by atoms with van der Waals surface area (Å²) in [5.41, 5.74) is 1.11. The van der Waals surface area contributed by atoms with E-state index in [-0.39, 0.29) is 76.2 Å². The quantitative estimate of drug-likeness (QED) is 0.0977. The molecule has 0 radical (unpaired) electrons. The number of fused-ring (bicyclic) bond motifs is 2. The fourth-order valence-corrected chi connectivity index (χ4v) is 8.27. The number of carbonyl (C=O) groups excluding carboxylic acids is 9. The summed E-state index contributed by atoms with van der Waals surface area (Å²) in [7, 11) is 1.36. The second kappa shape index (κ2) is 26.4. The minimum atomic E-state index is -1.76. The number of phenolic OH excluding ortho intramolecular Hbond substituents is 1. The van der Waals surface area contributed by atoms with Crippen LogP contribution >= 0.6 is 0 Å². The Bertz CT molecular complexity index is 2160. The number of rotatable bonds is 16. The maximum Gasteiger partial charge on any atom is 0.329 e. The van der Waals surface area contributed by atoms with Crippen LogP contribution in [-0.2, 0) is 60.7 Å². The molecule has 70 heavy (non-hydrogen) atoms. The van der Waals surface area contributed by atoms with Crippen LogP contribution in [0.15, 0.2) is 54.6 Å². The molecule has 2 saturated heterocycles. The van der Waals surface area contributed by atoms with Crippen molar-refractivity contribution in [2.75, 3.05) is 20.2 Å². The van der Waals surface area contributed by atoms with Gasteiger partial charge in [-0.3, -0.25) is 38.4 Å². The van der Waals surface area contributed by atoms with Crippen molar-refractivity contribution in [3.8, 4) is 5.75 Å². The molecule has 0 aliphatic carbocycles. The summed E-state index contributed by atoms with van der Waals surface area (Å²) in [6.07, 6.45) is -3.95. The highest BCUT2D eigenvalue weighted by atomic mass is 16.5. The van der Waals surface area contributed by atoms with Gasteiger partial charge in [-0.05, 0) is 67.7 Å². The van der Waals surface area contributed by atoms with Gasteiger partial charge in [-0.1, -0.05) is 77.1 Å². The van der Waals surface area contributed by atoms with Crippen molar-refractivity contribution in [3.63, 3.8) is 0 Å². The number of likely N-dealkylation sites (N-methyl/N-ethyl adjacent to an activating group) is 1. The van der Waals surface area contributed by atoms with E-state index in [0.717, 1.165) is 9.80 Å². The van der Waals surface area contributed by atoms with E-state index < -0.39 is 114 Å². The summed E-state index contributed by atoms with van der Waals surface area (Å²) < 4.78 is 5.88. The molecule has 8 amide bonds. The number of benzene rings is 2. The number of hydrogen-bond donors (Lipinski definition) is 9. The lowest BCUT2D eigenvalue weighted by molar-refractivity contribution is -0.165. The number of aliphatic hydroxyl groups excluding tert-OH is 2. The van der Waals surface area contributed by atoms with Crippen LogP contribution in [0.5, 0.6) is 5.75 Å². The second-order valence-corrected chi connectivity index (χ2v) is 18.5. The fraction of sp³-hybridized carbons (Fsp3) is 0.571. The van der Waals surface area contributed by atoms with Crippen LogP contribution < -0.4 is 31.9 Å². The van der Waals surface area contributed by atoms with Crippen LogP contribution in [0, 0.1) is 11.8 Å². The lowest BCUT2D eigenvalue weighted by Crippen LogP contribution is -2.65. The molecular weight excluding hydrogens is 909 g/mol. The summed E-state index contributed by atoms with van der Waals surface area (Å²) in [5.74, 6) is -8.23. The van der Waals surface area contributed by atoms with Crippen molar-refractivity contribution < 1.29 is 63.2 Å². The molecule has 0 saturated carbocycles. The van der Waals surface area contributed by atoms with Crippen LogP contribution in [-0.4, -0.2) is 153 Å². The van der Waals surface area contributed by atoms with Crippen molar-refractivity contribution in [1.29, 1.82) is 0 Å². The van der Waals surface area contributed by atoms with Crippen LogP contribution in [0.25, 0.3) is 0 Å². The molecule has 2 bridgehead atoms. The minimum absolute atomic E-state index is 0.0155. The number of nitrogens with zero attached hydrogens (tertiary/aromatic N) is 2. The largest absolute Gasteiger partial charge is 0.508 e. The Labute approximate surface area is 408 Å². The summed E-state index contributed by atoms with van der Waals surface area (Å²) >= 11 is 0. The Hall–Kier alpha value is -6.61. The predicted molar refractivity (Wildman–Crippen MR) is 254 cm³/mol. The van der Waals surface area contributed by atoms with E-state index in [1.54, 1.807) is 77.1 Å². The number of carbonyl (C=O) groups is 9. The number of amides is 8. The Morgan fingerprint density at radius 2 is 1.46 bits per heavy atom. The van der Waals surface area contributed by atoms with Gasteiger partial charge in [0.25, 0.3) is 0 Å². The molecule has 2 heterocycles. The third-order valence-electron chi connectivity index (χ3n) is 12.3. The van der Waals surface area contributed by atoms with Crippen LogP contribution in [0.4, 0.5) is 0 Å². The molecule has 384 valence electrons. The molecule has 2 fully saturated rings. The van der Waals surface area contributed by atoms with Gasteiger partial charge < -0.3 is 61.8 Å². The fourth-order valence-electron chi connectivity index (χ4n) is 8.27. The maximum atomic E-state index is 15.0. The summed E-state index contributed by atoms with van der Waals surface area (Å²) in [5, 5.41) is 46.4. The van der Waals surface area contributed by atoms with Gasteiger partial charge >= 0.3 is 5.97 Å². The molecule has 2 aliphatic rings. The Morgan fingerprint density at radius 3 is 2.07 bits per heavy atom. The van der Waals surface area contributed by atoms with E-state index in [0.29, 0.717) is 11.1 Å². The van der Waals surface area contributed by atoms with Gasteiger partial charge in [-0.2, -0.15) is 0 Å². The molecule has 0 unspecified atom stereocenters. The average molecular weight is 979 g/mol. The van der Waals surface area contributed by atoms with Crippen molar-refractivity contribution >= 4 is 53.2 Å². The number of nitrogens with one attached hydrogen (secondary N) is 6. The minimum Gasteiger partial charge on any atom is -0.508 e. The van der Waals surface area contributed by atoms with Crippen molar-refractivity contribution in [3.05, 3.63) is 65.7 Å². The molecule has 9 N–H and O–H groups in total. The number of hydrogen-bond acceptors (Lipinski definition) is 13. The Balaban J connectivity index is 1.86. The van der Waals surface area contributed by atoms with Crippen molar-refractivity contribution in [1.82, 2.24) is 41.7 Å². The highest BCUT2D eigenvalue weighted by Gasteiger charge is 2.46.